The van der Waals surface area contributed by atoms with Gasteiger partial charge in [-0.1, -0.05) is 15.9 Å². The molecule has 1 aromatic rings. The molecule has 0 saturated carbocycles. The van der Waals surface area contributed by atoms with E-state index in [9.17, 15) is 0 Å². The summed E-state index contributed by atoms with van der Waals surface area (Å²) in [5.74, 6) is 0. The van der Waals surface area contributed by atoms with Crippen LogP contribution in [0.25, 0.3) is 0 Å². The number of hydrogen-bond donors (Lipinski definition) is 1. The van der Waals surface area contributed by atoms with Crippen molar-refractivity contribution in [3.05, 3.63) is 28.7 Å². The van der Waals surface area contributed by atoms with Gasteiger partial charge in [0.15, 0.2) is 0 Å². The van der Waals surface area contributed by atoms with E-state index >= 15 is 0 Å². The lowest BCUT2D eigenvalue weighted by molar-refractivity contribution is 0.580. The Kier molecular flexibility index (Phi) is 2.03. The molecule has 0 amide bonds. The van der Waals surface area contributed by atoms with Crippen LogP contribution in [-0.2, 0) is 0 Å². The lowest BCUT2D eigenvalue weighted by atomic mass is 10.2. The van der Waals surface area contributed by atoms with E-state index in [0.717, 1.165) is 23.1 Å². The molecular formula is C11H13BrN2. The SMILES string of the molecule is Brc1ccc(N2C[C@@H]3C[C@H]2CN3)cc1. The highest BCUT2D eigenvalue weighted by molar-refractivity contribution is 9.10. The van der Waals surface area contributed by atoms with Gasteiger partial charge in [-0.15, -0.1) is 0 Å². The molecule has 2 aliphatic rings. The first-order chi connectivity index (χ1) is 6.83. The van der Waals surface area contributed by atoms with Gasteiger partial charge in [0.05, 0.1) is 0 Å². The maximum Gasteiger partial charge on any atom is 0.0430 e. The summed E-state index contributed by atoms with van der Waals surface area (Å²) in [6, 6.07) is 10.1. The van der Waals surface area contributed by atoms with Crippen LogP contribution in [0.2, 0.25) is 0 Å². The Morgan fingerprint density at radius 3 is 2.64 bits per heavy atom. The van der Waals surface area contributed by atoms with Crippen molar-refractivity contribution < 1.29 is 0 Å². The zero-order valence-corrected chi connectivity index (χ0v) is 9.50. The summed E-state index contributed by atoms with van der Waals surface area (Å²) in [6.45, 7) is 2.33. The average Bonchev–Trinajstić information content (AvgIpc) is 2.80. The number of nitrogens with one attached hydrogen (secondary N) is 1. The first-order valence-electron chi connectivity index (χ1n) is 5.08. The van der Waals surface area contributed by atoms with Crippen molar-refractivity contribution in [3.63, 3.8) is 0 Å². The number of benzene rings is 1. The van der Waals surface area contributed by atoms with Crippen molar-refractivity contribution in [1.82, 2.24) is 5.32 Å². The molecular weight excluding hydrogens is 240 g/mol. The zero-order valence-electron chi connectivity index (χ0n) is 7.91. The first-order valence-corrected chi connectivity index (χ1v) is 5.88. The van der Waals surface area contributed by atoms with Crippen molar-refractivity contribution in [3.8, 4) is 0 Å². The van der Waals surface area contributed by atoms with Crippen LogP contribution in [-0.4, -0.2) is 25.2 Å². The Bertz CT molecular complexity index is 336. The predicted molar refractivity (Wildman–Crippen MR) is 61.7 cm³/mol. The molecule has 2 atom stereocenters. The Morgan fingerprint density at radius 2 is 2.07 bits per heavy atom. The minimum Gasteiger partial charge on any atom is -0.366 e. The Morgan fingerprint density at radius 1 is 1.29 bits per heavy atom. The third-order valence-electron chi connectivity index (χ3n) is 3.21. The molecule has 3 rings (SSSR count). The predicted octanol–water partition coefficient (Wildman–Crippen LogP) is 2.00. The monoisotopic (exact) mass is 252 g/mol. The zero-order chi connectivity index (χ0) is 9.54. The molecule has 0 radical (unpaired) electrons. The van der Waals surface area contributed by atoms with Gasteiger partial charge in [-0.2, -0.15) is 0 Å². The number of hydrogen-bond acceptors (Lipinski definition) is 2. The first kappa shape index (κ1) is 8.74. The van der Waals surface area contributed by atoms with Crippen molar-refractivity contribution in [2.75, 3.05) is 18.0 Å². The molecule has 0 unspecified atom stereocenters. The summed E-state index contributed by atoms with van der Waals surface area (Å²) in [5, 5.41) is 3.52. The second-order valence-electron chi connectivity index (χ2n) is 4.12. The second kappa shape index (κ2) is 3.24. The molecule has 2 saturated heterocycles. The molecule has 2 fully saturated rings. The molecule has 1 aromatic carbocycles. The van der Waals surface area contributed by atoms with E-state index < -0.39 is 0 Å². The fraction of sp³-hybridized carbons (Fsp3) is 0.455. The summed E-state index contributed by atoms with van der Waals surface area (Å²) < 4.78 is 1.16. The minimum atomic E-state index is 0.723. The molecule has 2 heterocycles. The van der Waals surface area contributed by atoms with Gasteiger partial charge in [0, 0.05) is 35.3 Å². The second-order valence-corrected chi connectivity index (χ2v) is 5.04. The van der Waals surface area contributed by atoms with Crippen LogP contribution in [0.3, 0.4) is 0 Å². The van der Waals surface area contributed by atoms with Crippen molar-refractivity contribution in [2.24, 2.45) is 0 Å². The Labute approximate surface area is 92.4 Å². The summed E-state index contributed by atoms with van der Waals surface area (Å²) in [4.78, 5) is 2.52. The Hall–Kier alpha value is -0.540. The quantitative estimate of drug-likeness (QED) is 0.823. The summed E-state index contributed by atoms with van der Waals surface area (Å²) in [7, 11) is 0. The topological polar surface area (TPSA) is 15.3 Å². The van der Waals surface area contributed by atoms with Crippen molar-refractivity contribution >= 4 is 21.6 Å². The molecule has 2 nitrogen and oxygen atoms in total. The van der Waals surface area contributed by atoms with E-state index in [-0.39, 0.29) is 0 Å². The van der Waals surface area contributed by atoms with Crippen LogP contribution in [0, 0.1) is 0 Å². The van der Waals surface area contributed by atoms with Gasteiger partial charge in [0.2, 0.25) is 0 Å². The fourth-order valence-corrected chi connectivity index (χ4v) is 2.77. The van der Waals surface area contributed by atoms with Gasteiger partial charge < -0.3 is 10.2 Å². The summed E-state index contributed by atoms with van der Waals surface area (Å²) >= 11 is 3.46. The summed E-state index contributed by atoms with van der Waals surface area (Å²) in [5.41, 5.74) is 1.36. The van der Waals surface area contributed by atoms with Crippen molar-refractivity contribution in [2.45, 2.75) is 18.5 Å². The molecule has 1 N–H and O–H groups in total. The molecule has 3 heteroatoms. The van der Waals surface area contributed by atoms with Crippen LogP contribution in [0.5, 0.6) is 0 Å². The largest absolute Gasteiger partial charge is 0.366 e. The Balaban J connectivity index is 1.86. The molecule has 2 aliphatic heterocycles. The van der Waals surface area contributed by atoms with Gasteiger partial charge in [0.1, 0.15) is 0 Å². The summed E-state index contributed by atoms with van der Waals surface area (Å²) in [6.07, 6.45) is 1.32. The van der Waals surface area contributed by atoms with E-state index in [2.05, 4.69) is 50.4 Å². The number of fused-ring (bicyclic) bond motifs is 2. The number of rotatable bonds is 1. The van der Waals surface area contributed by atoms with Crippen LogP contribution in [0.4, 0.5) is 5.69 Å². The van der Waals surface area contributed by atoms with Gasteiger partial charge in [-0.25, -0.2) is 0 Å². The van der Waals surface area contributed by atoms with Gasteiger partial charge in [-0.3, -0.25) is 0 Å². The van der Waals surface area contributed by atoms with E-state index in [1.807, 2.05) is 0 Å². The minimum absolute atomic E-state index is 0.723. The fourth-order valence-electron chi connectivity index (χ4n) is 2.51. The number of anilines is 1. The maximum atomic E-state index is 3.52. The average molecular weight is 253 g/mol. The highest BCUT2D eigenvalue weighted by atomic mass is 79.9. The standard InChI is InChI=1S/C11H13BrN2/c12-8-1-3-10(4-2-8)14-7-9-5-11(14)6-13-9/h1-4,9,11,13H,5-7H2/t9-,11-/m0/s1. The molecule has 74 valence electrons. The number of halogens is 1. The molecule has 14 heavy (non-hydrogen) atoms. The van der Waals surface area contributed by atoms with E-state index in [0.29, 0.717) is 0 Å². The van der Waals surface area contributed by atoms with Crippen LogP contribution in [0.1, 0.15) is 6.42 Å². The van der Waals surface area contributed by atoms with Crippen LogP contribution in [0.15, 0.2) is 28.7 Å². The maximum absolute atomic E-state index is 3.52. The molecule has 0 spiro atoms. The van der Waals surface area contributed by atoms with Gasteiger partial charge in [-0.05, 0) is 30.7 Å². The van der Waals surface area contributed by atoms with Gasteiger partial charge >= 0.3 is 0 Å². The van der Waals surface area contributed by atoms with Crippen LogP contribution >= 0.6 is 15.9 Å². The lowest BCUT2D eigenvalue weighted by Gasteiger charge is -2.29. The third kappa shape index (κ3) is 1.35. The lowest BCUT2D eigenvalue weighted by Crippen LogP contribution is -2.43. The van der Waals surface area contributed by atoms with Crippen molar-refractivity contribution in [1.29, 1.82) is 0 Å². The van der Waals surface area contributed by atoms with E-state index in [1.54, 1.807) is 0 Å². The third-order valence-corrected chi connectivity index (χ3v) is 3.74. The highest BCUT2D eigenvalue weighted by Gasteiger charge is 2.37. The molecule has 2 bridgehead atoms. The molecule has 0 aromatic heterocycles. The number of piperazine rings is 1. The van der Waals surface area contributed by atoms with E-state index in [4.69, 9.17) is 0 Å². The van der Waals surface area contributed by atoms with Crippen LogP contribution < -0.4 is 10.2 Å². The molecule has 0 aliphatic carbocycles. The normalized spacial score (nSPS) is 29.9. The van der Waals surface area contributed by atoms with Gasteiger partial charge in [0.25, 0.3) is 0 Å². The smallest absolute Gasteiger partial charge is 0.0430 e. The highest BCUT2D eigenvalue weighted by Crippen LogP contribution is 2.29. The number of nitrogens with zero attached hydrogens (tertiary/aromatic N) is 1. The van der Waals surface area contributed by atoms with E-state index in [1.165, 1.54) is 18.7 Å².